The molecule has 2 atom stereocenters. The van der Waals surface area contributed by atoms with Gasteiger partial charge in [0.15, 0.2) is 5.82 Å². The van der Waals surface area contributed by atoms with E-state index in [1.54, 1.807) is 0 Å². The molecule has 0 aromatic carbocycles. The van der Waals surface area contributed by atoms with Crippen LogP contribution in [0.15, 0.2) is 0 Å². The van der Waals surface area contributed by atoms with Crippen molar-refractivity contribution in [3.8, 4) is 0 Å². The summed E-state index contributed by atoms with van der Waals surface area (Å²) < 4.78 is 0. The third kappa shape index (κ3) is 1.58. The monoisotopic (exact) mass is 180 g/mol. The summed E-state index contributed by atoms with van der Waals surface area (Å²) in [6.45, 7) is 2.70. The molecule has 0 spiro atoms. The van der Waals surface area contributed by atoms with Crippen LogP contribution in [-0.2, 0) is 0 Å². The number of nitrogens with zero attached hydrogens (tertiary/aromatic N) is 2. The highest BCUT2D eigenvalue weighted by Gasteiger charge is 2.30. The second-order valence-corrected chi connectivity index (χ2v) is 3.81. The molecule has 72 valence electrons. The third-order valence-corrected chi connectivity index (χ3v) is 2.91. The maximum atomic E-state index is 5.70. The normalized spacial score (nSPS) is 28.2. The Morgan fingerprint density at radius 2 is 2.38 bits per heavy atom. The van der Waals surface area contributed by atoms with Crippen LogP contribution in [0.4, 0.5) is 0 Å². The Bertz CT molecular complexity index is 281. The Balaban J connectivity index is 2.15. The van der Waals surface area contributed by atoms with Crippen LogP contribution < -0.4 is 5.73 Å². The average molecular weight is 180 g/mol. The van der Waals surface area contributed by atoms with Crippen molar-refractivity contribution < 1.29 is 0 Å². The van der Waals surface area contributed by atoms with Gasteiger partial charge in [-0.3, -0.25) is 5.10 Å². The molecule has 1 heterocycles. The third-order valence-electron chi connectivity index (χ3n) is 2.91. The van der Waals surface area contributed by atoms with Crippen LogP contribution >= 0.6 is 0 Å². The molecule has 1 aliphatic rings. The molecule has 0 bridgehead atoms. The molecular formula is C9H16N4. The highest BCUT2D eigenvalue weighted by atomic mass is 15.2. The lowest BCUT2D eigenvalue weighted by Gasteiger charge is -2.13. The van der Waals surface area contributed by atoms with Crippen LogP contribution in [0.3, 0.4) is 0 Å². The number of rotatable bonds is 2. The van der Waals surface area contributed by atoms with Crippen molar-refractivity contribution in [2.75, 3.05) is 6.54 Å². The van der Waals surface area contributed by atoms with Gasteiger partial charge in [-0.2, -0.15) is 5.10 Å². The molecule has 1 aromatic rings. The van der Waals surface area contributed by atoms with Gasteiger partial charge in [0.05, 0.1) is 0 Å². The van der Waals surface area contributed by atoms with Gasteiger partial charge in [-0.1, -0.05) is 6.42 Å². The maximum absolute atomic E-state index is 5.70. The molecule has 0 amide bonds. The summed E-state index contributed by atoms with van der Waals surface area (Å²) in [7, 11) is 0. The summed E-state index contributed by atoms with van der Waals surface area (Å²) in [5, 5.41) is 7.09. The SMILES string of the molecule is Cc1nc(C2CCCC2CN)n[nH]1. The predicted molar refractivity (Wildman–Crippen MR) is 50.3 cm³/mol. The smallest absolute Gasteiger partial charge is 0.154 e. The van der Waals surface area contributed by atoms with E-state index in [2.05, 4.69) is 15.2 Å². The topological polar surface area (TPSA) is 67.6 Å². The fraction of sp³-hybridized carbons (Fsp3) is 0.778. The molecule has 2 rings (SSSR count). The highest BCUT2D eigenvalue weighted by molar-refractivity contribution is 5.02. The molecule has 1 aliphatic carbocycles. The second kappa shape index (κ2) is 3.46. The lowest BCUT2D eigenvalue weighted by Crippen LogP contribution is -2.18. The minimum atomic E-state index is 0.495. The van der Waals surface area contributed by atoms with Crippen LogP contribution in [0, 0.1) is 12.8 Å². The summed E-state index contributed by atoms with van der Waals surface area (Å²) in [4.78, 5) is 4.37. The van der Waals surface area contributed by atoms with Crippen LogP contribution in [0.1, 0.15) is 36.8 Å². The summed E-state index contributed by atoms with van der Waals surface area (Å²) in [6.07, 6.45) is 3.69. The van der Waals surface area contributed by atoms with Gasteiger partial charge in [-0.25, -0.2) is 4.98 Å². The first-order valence-corrected chi connectivity index (χ1v) is 4.90. The van der Waals surface area contributed by atoms with Crippen LogP contribution in [0.25, 0.3) is 0 Å². The van der Waals surface area contributed by atoms with Crippen molar-refractivity contribution >= 4 is 0 Å². The van der Waals surface area contributed by atoms with Gasteiger partial charge in [0.25, 0.3) is 0 Å². The summed E-state index contributed by atoms with van der Waals surface area (Å²) in [6, 6.07) is 0. The Hall–Kier alpha value is -0.900. The molecule has 0 aliphatic heterocycles. The fourth-order valence-corrected chi connectivity index (χ4v) is 2.18. The highest BCUT2D eigenvalue weighted by Crippen LogP contribution is 2.37. The fourth-order valence-electron chi connectivity index (χ4n) is 2.18. The zero-order chi connectivity index (χ0) is 9.26. The van der Waals surface area contributed by atoms with Gasteiger partial charge < -0.3 is 5.73 Å². The maximum Gasteiger partial charge on any atom is 0.154 e. The van der Waals surface area contributed by atoms with E-state index in [1.807, 2.05) is 6.92 Å². The molecule has 1 saturated carbocycles. The van der Waals surface area contributed by atoms with Crippen molar-refractivity contribution in [2.45, 2.75) is 32.1 Å². The Morgan fingerprint density at radius 1 is 1.54 bits per heavy atom. The van der Waals surface area contributed by atoms with E-state index >= 15 is 0 Å². The number of H-pyrrole nitrogens is 1. The van der Waals surface area contributed by atoms with Gasteiger partial charge >= 0.3 is 0 Å². The second-order valence-electron chi connectivity index (χ2n) is 3.81. The predicted octanol–water partition coefficient (Wildman–Crippen LogP) is 0.956. The molecular weight excluding hydrogens is 164 g/mol. The van der Waals surface area contributed by atoms with Crippen molar-refractivity contribution in [1.29, 1.82) is 0 Å². The van der Waals surface area contributed by atoms with Gasteiger partial charge in [0.2, 0.25) is 0 Å². The molecule has 2 unspecified atom stereocenters. The zero-order valence-corrected chi connectivity index (χ0v) is 7.95. The molecule has 3 N–H and O–H groups in total. The van der Waals surface area contributed by atoms with E-state index in [0.717, 1.165) is 18.2 Å². The Labute approximate surface area is 77.9 Å². The number of hydrogen-bond donors (Lipinski definition) is 2. The first-order chi connectivity index (χ1) is 6.31. The van der Waals surface area contributed by atoms with E-state index in [9.17, 15) is 0 Å². The van der Waals surface area contributed by atoms with Crippen molar-refractivity contribution in [3.63, 3.8) is 0 Å². The molecule has 1 fully saturated rings. The van der Waals surface area contributed by atoms with Crippen molar-refractivity contribution in [3.05, 3.63) is 11.6 Å². The van der Waals surface area contributed by atoms with Crippen LogP contribution in [-0.4, -0.2) is 21.7 Å². The van der Waals surface area contributed by atoms with E-state index in [1.165, 1.54) is 19.3 Å². The van der Waals surface area contributed by atoms with E-state index < -0.39 is 0 Å². The Morgan fingerprint density at radius 3 is 3.00 bits per heavy atom. The van der Waals surface area contributed by atoms with Gasteiger partial charge in [-0.05, 0) is 32.2 Å². The largest absolute Gasteiger partial charge is 0.330 e. The number of aromatic amines is 1. The van der Waals surface area contributed by atoms with Crippen LogP contribution in [0.2, 0.25) is 0 Å². The summed E-state index contributed by atoms with van der Waals surface area (Å²) in [5.41, 5.74) is 5.70. The van der Waals surface area contributed by atoms with Gasteiger partial charge in [0.1, 0.15) is 5.82 Å². The van der Waals surface area contributed by atoms with E-state index in [-0.39, 0.29) is 0 Å². The quantitative estimate of drug-likeness (QED) is 0.712. The van der Waals surface area contributed by atoms with Crippen molar-refractivity contribution in [2.24, 2.45) is 11.7 Å². The minimum Gasteiger partial charge on any atom is -0.330 e. The number of aromatic nitrogens is 3. The van der Waals surface area contributed by atoms with E-state index in [4.69, 9.17) is 5.73 Å². The average Bonchev–Trinajstić information content (AvgIpc) is 2.71. The van der Waals surface area contributed by atoms with Crippen molar-refractivity contribution in [1.82, 2.24) is 15.2 Å². The molecule has 4 heteroatoms. The first-order valence-electron chi connectivity index (χ1n) is 4.90. The number of aryl methyl sites for hydroxylation is 1. The van der Waals surface area contributed by atoms with E-state index in [0.29, 0.717) is 11.8 Å². The summed E-state index contributed by atoms with van der Waals surface area (Å²) >= 11 is 0. The number of nitrogens with two attached hydrogens (primary N) is 1. The summed E-state index contributed by atoms with van der Waals surface area (Å²) in [5.74, 6) is 2.95. The lowest BCUT2D eigenvalue weighted by atomic mass is 9.96. The molecule has 1 aromatic heterocycles. The first kappa shape index (κ1) is 8.69. The molecule has 4 nitrogen and oxygen atoms in total. The van der Waals surface area contributed by atoms with Gasteiger partial charge in [0, 0.05) is 5.92 Å². The molecule has 0 saturated heterocycles. The lowest BCUT2D eigenvalue weighted by molar-refractivity contribution is 0.478. The molecule has 0 radical (unpaired) electrons. The number of nitrogens with one attached hydrogen (secondary N) is 1. The standard InChI is InChI=1S/C9H16N4/c1-6-11-9(13-12-6)8-4-2-3-7(8)5-10/h7-8H,2-5,10H2,1H3,(H,11,12,13). The van der Waals surface area contributed by atoms with Gasteiger partial charge in [-0.15, -0.1) is 0 Å². The Kier molecular flexibility index (Phi) is 2.31. The zero-order valence-electron chi connectivity index (χ0n) is 7.95. The minimum absolute atomic E-state index is 0.495. The molecule has 13 heavy (non-hydrogen) atoms. The van der Waals surface area contributed by atoms with Crippen LogP contribution in [0.5, 0.6) is 0 Å². The number of hydrogen-bond acceptors (Lipinski definition) is 3.